The van der Waals surface area contributed by atoms with Gasteiger partial charge < -0.3 is 14.2 Å². The van der Waals surface area contributed by atoms with Crippen molar-refractivity contribution < 1.29 is 4.74 Å². The number of aromatic nitrogens is 3. The molecule has 0 atom stereocenters. The maximum absolute atomic E-state index is 7.04. The largest absolute Gasteiger partial charge is 0.457 e. The van der Waals surface area contributed by atoms with E-state index in [9.17, 15) is 0 Å². The van der Waals surface area contributed by atoms with Gasteiger partial charge in [0.05, 0.1) is 27.8 Å². The second-order valence-electron chi connectivity index (χ2n) is 27.6. The monoisotopic (exact) mass is 1180 g/mol. The van der Waals surface area contributed by atoms with Gasteiger partial charge in [0, 0.05) is 51.1 Å². The first-order chi connectivity index (χ1) is 43.5. The molecule has 0 N–H and O–H groups in total. The lowest BCUT2D eigenvalue weighted by Gasteiger charge is -2.34. The quantitative estimate of drug-likeness (QED) is 0.107. The Morgan fingerprint density at radius 3 is 1.53 bits per heavy atom. The average molecular weight is 1180 g/mol. The van der Waals surface area contributed by atoms with Crippen molar-refractivity contribution in [2.45, 2.75) is 85.2 Å². The SMILES string of the molecule is CC(C)(C)c1cc(-c2cccc3c4ccccc4c4cc([Si](c5ccccc5)(c5ccccc5)c5ccccc5)ccc4c4cccc5c4n(c23)CN5c2cccc(Oc3ccc4c5ccccc5n(-c5cc(C(C)(C)C)ccn5)c4c3)c2)cc(C(C)(C)C)c1. The average Bonchev–Trinajstić information content (AvgIpc) is 1.37. The van der Waals surface area contributed by atoms with Crippen LogP contribution in [0.25, 0.3) is 82.1 Å². The first-order valence-electron chi connectivity index (χ1n) is 31.7. The molecule has 0 amide bonds. The maximum Gasteiger partial charge on any atom is 0.179 e. The number of rotatable bonds is 9. The van der Waals surface area contributed by atoms with Crippen LogP contribution in [-0.4, -0.2) is 22.2 Å². The molecule has 11 aromatic carbocycles. The van der Waals surface area contributed by atoms with E-state index in [0.29, 0.717) is 6.67 Å². The predicted octanol–water partition coefficient (Wildman–Crippen LogP) is 19.6. The van der Waals surface area contributed by atoms with Gasteiger partial charge in [0.1, 0.15) is 24.0 Å². The summed E-state index contributed by atoms with van der Waals surface area (Å²) >= 11 is 0. The summed E-state index contributed by atoms with van der Waals surface area (Å²) in [5, 5.41) is 14.9. The Labute approximate surface area is 529 Å². The smallest absolute Gasteiger partial charge is 0.179 e. The lowest BCUT2D eigenvalue weighted by molar-refractivity contribution is 0.483. The van der Waals surface area contributed by atoms with E-state index in [2.05, 4.69) is 343 Å². The molecule has 0 spiro atoms. The molecule has 3 aromatic heterocycles. The third-order valence-electron chi connectivity index (χ3n) is 18.9. The van der Waals surface area contributed by atoms with E-state index in [1.54, 1.807) is 0 Å². The number of fused-ring (bicyclic) bond motifs is 10. The highest BCUT2D eigenvalue weighted by Gasteiger charge is 2.42. The van der Waals surface area contributed by atoms with Gasteiger partial charge in [-0.1, -0.05) is 269 Å². The van der Waals surface area contributed by atoms with E-state index >= 15 is 0 Å². The highest BCUT2D eigenvalue weighted by molar-refractivity contribution is 7.20. The number of benzene rings is 11. The third kappa shape index (κ3) is 9.55. The summed E-state index contributed by atoms with van der Waals surface area (Å²) in [6.07, 6.45) is 1.94. The molecule has 440 valence electrons. The lowest BCUT2D eigenvalue weighted by atomic mass is 9.78. The molecule has 0 fully saturated rings. The second kappa shape index (κ2) is 21.6. The normalized spacial score (nSPS) is 12.9. The minimum Gasteiger partial charge on any atom is -0.457 e. The van der Waals surface area contributed by atoms with Crippen LogP contribution < -0.4 is 30.4 Å². The highest BCUT2D eigenvalue weighted by atomic mass is 28.3. The van der Waals surface area contributed by atoms with Crippen molar-refractivity contribution in [2.75, 3.05) is 4.90 Å². The molecule has 4 heterocycles. The summed E-state index contributed by atoms with van der Waals surface area (Å²) in [5.41, 5.74) is 12.7. The molecule has 0 bridgehead atoms. The third-order valence-corrected chi connectivity index (χ3v) is 23.6. The van der Waals surface area contributed by atoms with Gasteiger partial charge in [-0.3, -0.25) is 4.57 Å². The van der Waals surface area contributed by atoms with Gasteiger partial charge in [-0.15, -0.1) is 0 Å². The van der Waals surface area contributed by atoms with Crippen LogP contribution in [0, 0.1) is 0 Å². The van der Waals surface area contributed by atoms with Crippen molar-refractivity contribution in [3.05, 3.63) is 290 Å². The Balaban J connectivity index is 0.984. The number of hydrogen-bond acceptors (Lipinski definition) is 3. The molecule has 0 radical (unpaired) electrons. The van der Waals surface area contributed by atoms with Crippen molar-refractivity contribution in [2.24, 2.45) is 0 Å². The van der Waals surface area contributed by atoms with Gasteiger partial charge in [-0.2, -0.15) is 0 Å². The van der Waals surface area contributed by atoms with E-state index in [0.717, 1.165) is 45.1 Å². The molecule has 15 rings (SSSR count). The molecule has 14 aromatic rings. The van der Waals surface area contributed by atoms with Crippen molar-refractivity contribution in [3.63, 3.8) is 0 Å². The van der Waals surface area contributed by atoms with Crippen LogP contribution in [0.5, 0.6) is 11.5 Å². The van der Waals surface area contributed by atoms with Gasteiger partial charge in [0.15, 0.2) is 8.07 Å². The molecule has 0 saturated heterocycles. The van der Waals surface area contributed by atoms with Crippen LogP contribution in [0.3, 0.4) is 0 Å². The van der Waals surface area contributed by atoms with Crippen molar-refractivity contribution in [1.82, 2.24) is 14.1 Å². The van der Waals surface area contributed by atoms with Crippen LogP contribution >= 0.6 is 0 Å². The molecule has 1 aliphatic heterocycles. The summed E-state index contributed by atoms with van der Waals surface area (Å²) in [6.45, 7) is 21.3. The highest BCUT2D eigenvalue weighted by Crippen LogP contribution is 2.46. The van der Waals surface area contributed by atoms with Gasteiger partial charge in [0.2, 0.25) is 0 Å². The molecular formula is C84H74N4OSi. The van der Waals surface area contributed by atoms with Gasteiger partial charge in [0.25, 0.3) is 0 Å². The van der Waals surface area contributed by atoms with Crippen LogP contribution in [0.2, 0.25) is 0 Å². The van der Waals surface area contributed by atoms with Crippen LogP contribution in [0.15, 0.2) is 273 Å². The Hall–Kier alpha value is -10.0. The van der Waals surface area contributed by atoms with Crippen molar-refractivity contribution in [3.8, 4) is 28.4 Å². The molecule has 0 aliphatic carbocycles. The summed E-state index contributed by atoms with van der Waals surface area (Å²) in [7, 11) is -2.96. The van der Waals surface area contributed by atoms with Gasteiger partial charge in [-0.25, -0.2) is 4.98 Å². The Morgan fingerprint density at radius 2 is 0.889 bits per heavy atom. The first-order valence-corrected chi connectivity index (χ1v) is 33.7. The van der Waals surface area contributed by atoms with Crippen LogP contribution in [0.1, 0.15) is 79.0 Å². The van der Waals surface area contributed by atoms with E-state index < -0.39 is 8.07 Å². The summed E-state index contributed by atoms with van der Waals surface area (Å²) in [5.74, 6) is 2.39. The minimum atomic E-state index is -2.96. The fourth-order valence-corrected chi connectivity index (χ4v) is 19.0. The predicted molar refractivity (Wildman–Crippen MR) is 384 cm³/mol. The fraction of sp³-hybridized carbons (Fsp3) is 0.155. The maximum atomic E-state index is 7.04. The topological polar surface area (TPSA) is 35.2 Å². The van der Waals surface area contributed by atoms with E-state index in [4.69, 9.17) is 9.72 Å². The second-order valence-corrected chi connectivity index (χ2v) is 31.4. The molecular weight excluding hydrogens is 1110 g/mol. The number of nitrogens with zero attached hydrogens (tertiary/aromatic N) is 4. The van der Waals surface area contributed by atoms with Gasteiger partial charge in [-0.05, 0) is 129 Å². The number of hydrogen-bond donors (Lipinski definition) is 0. The van der Waals surface area contributed by atoms with Crippen molar-refractivity contribution in [1.29, 1.82) is 0 Å². The van der Waals surface area contributed by atoms with Crippen LogP contribution in [-0.2, 0) is 22.9 Å². The molecule has 6 heteroatoms. The first kappa shape index (κ1) is 56.5. The molecule has 0 unspecified atom stereocenters. The van der Waals surface area contributed by atoms with E-state index in [1.165, 1.54) is 97.3 Å². The Morgan fingerprint density at radius 1 is 0.367 bits per heavy atom. The Bertz CT molecular complexity index is 5070. The number of para-hydroxylation sites is 3. The zero-order chi connectivity index (χ0) is 61.7. The number of anilines is 2. The summed E-state index contributed by atoms with van der Waals surface area (Å²) < 4.78 is 12.0. The van der Waals surface area contributed by atoms with E-state index in [1.807, 2.05) is 6.20 Å². The fourth-order valence-electron chi connectivity index (χ4n) is 14.2. The Kier molecular flexibility index (Phi) is 13.6. The minimum absolute atomic E-state index is 0.0388. The van der Waals surface area contributed by atoms with Gasteiger partial charge >= 0.3 is 0 Å². The van der Waals surface area contributed by atoms with Crippen LogP contribution in [0.4, 0.5) is 11.4 Å². The zero-order valence-electron chi connectivity index (χ0n) is 52.9. The number of pyridine rings is 1. The lowest BCUT2D eigenvalue weighted by Crippen LogP contribution is -2.74. The molecule has 0 saturated carbocycles. The molecule has 1 aliphatic rings. The summed E-state index contributed by atoms with van der Waals surface area (Å²) in [4.78, 5) is 7.47. The van der Waals surface area contributed by atoms with E-state index in [-0.39, 0.29) is 16.2 Å². The standard InChI is InChI=1S/C84H74N4OSi/c1-82(2,3)57-46-47-85-79(51-57)88-76-40-22-21-36-71(76)72-44-42-62(53-78(72)88)89-61-27-23-26-60(52-61)86-55-87-80-67(56-48-58(83(4,5)6)50-59(49-56)84(7,8)9)37-24-38-73(80)68-34-19-20-35-69(68)75-54-66(43-45-70(75)74-39-25-41-77(86)81(74)87)90(63-28-13-10-14-29-63,64-30-15-11-16-31-64)65-32-17-12-18-33-65/h10-54H,55H2,1-9H3. The molecule has 5 nitrogen and oxygen atoms in total. The van der Waals surface area contributed by atoms with Crippen molar-refractivity contribution >= 4 is 105 Å². The summed E-state index contributed by atoms with van der Waals surface area (Å²) in [6, 6.07) is 100. The molecule has 90 heavy (non-hydrogen) atoms. The zero-order valence-corrected chi connectivity index (χ0v) is 53.9. The number of ether oxygens (including phenoxy) is 1.